The van der Waals surface area contributed by atoms with Gasteiger partial charge in [-0.25, -0.2) is 0 Å². The second-order valence-corrected chi connectivity index (χ2v) is 5.60. The number of nitrogens with one attached hydrogen (secondary N) is 2. The molecular formula is C13H32N3+3. The molecule has 1 heterocycles. The Morgan fingerprint density at radius 2 is 1.75 bits per heavy atom. The SMILES string of the molecule is C[NH+]1CCC([NH+](C)CCCCCC[NH3+])CC1. The molecule has 0 aromatic heterocycles. The predicted octanol–water partition coefficient (Wildman–Crippen LogP) is -2.02. The van der Waals surface area contributed by atoms with E-state index in [-0.39, 0.29) is 0 Å². The molecule has 1 atom stereocenters. The number of hydrogen-bond acceptors (Lipinski definition) is 0. The van der Waals surface area contributed by atoms with Gasteiger partial charge in [-0.15, -0.1) is 0 Å². The van der Waals surface area contributed by atoms with Crippen molar-refractivity contribution in [3.63, 3.8) is 0 Å². The van der Waals surface area contributed by atoms with Gasteiger partial charge in [0.2, 0.25) is 0 Å². The first-order chi connectivity index (χ1) is 7.74. The number of unbranched alkanes of at least 4 members (excludes halogenated alkanes) is 3. The fourth-order valence-corrected chi connectivity index (χ4v) is 2.74. The van der Waals surface area contributed by atoms with E-state index in [1.807, 2.05) is 0 Å². The van der Waals surface area contributed by atoms with Crippen molar-refractivity contribution in [3.8, 4) is 0 Å². The predicted molar refractivity (Wildman–Crippen MR) is 67.6 cm³/mol. The molecule has 0 spiro atoms. The van der Waals surface area contributed by atoms with E-state index in [4.69, 9.17) is 0 Å². The van der Waals surface area contributed by atoms with Crippen LogP contribution in [0.25, 0.3) is 0 Å². The Labute approximate surface area is 101 Å². The summed E-state index contributed by atoms with van der Waals surface area (Å²) in [6.45, 7) is 5.24. The number of quaternary nitrogens is 3. The Morgan fingerprint density at radius 1 is 1.12 bits per heavy atom. The van der Waals surface area contributed by atoms with Gasteiger partial charge < -0.3 is 15.5 Å². The molecule has 0 aliphatic carbocycles. The Kier molecular flexibility index (Phi) is 7.01. The van der Waals surface area contributed by atoms with Crippen molar-refractivity contribution in [3.05, 3.63) is 0 Å². The maximum atomic E-state index is 3.89. The van der Waals surface area contributed by atoms with Crippen molar-refractivity contribution in [2.24, 2.45) is 0 Å². The molecule has 96 valence electrons. The number of hydrogen-bond donors (Lipinski definition) is 3. The van der Waals surface area contributed by atoms with Gasteiger partial charge in [-0.2, -0.15) is 0 Å². The second-order valence-electron chi connectivity index (χ2n) is 5.60. The van der Waals surface area contributed by atoms with E-state index < -0.39 is 0 Å². The molecule has 0 aromatic carbocycles. The summed E-state index contributed by atoms with van der Waals surface area (Å²) in [6.07, 6.45) is 8.37. The smallest absolute Gasteiger partial charge is 0.0981 e. The van der Waals surface area contributed by atoms with Crippen LogP contribution < -0.4 is 15.5 Å². The zero-order valence-corrected chi connectivity index (χ0v) is 11.4. The molecule has 3 nitrogen and oxygen atoms in total. The van der Waals surface area contributed by atoms with E-state index in [0.29, 0.717) is 0 Å². The maximum absolute atomic E-state index is 3.89. The van der Waals surface area contributed by atoms with E-state index in [2.05, 4.69) is 19.8 Å². The zero-order chi connectivity index (χ0) is 11.8. The van der Waals surface area contributed by atoms with Crippen LogP contribution in [0.5, 0.6) is 0 Å². The lowest BCUT2D eigenvalue weighted by atomic mass is 10.0. The molecule has 16 heavy (non-hydrogen) atoms. The summed E-state index contributed by atoms with van der Waals surface area (Å²) in [6, 6.07) is 0.941. The monoisotopic (exact) mass is 230 g/mol. The van der Waals surface area contributed by atoms with E-state index in [9.17, 15) is 0 Å². The molecule has 3 heteroatoms. The molecule has 0 saturated carbocycles. The summed E-state index contributed by atoms with van der Waals surface area (Å²) in [5.74, 6) is 0. The molecule has 1 fully saturated rings. The highest BCUT2D eigenvalue weighted by Gasteiger charge is 2.25. The topological polar surface area (TPSA) is 36.5 Å². The van der Waals surface area contributed by atoms with Gasteiger partial charge in [0.15, 0.2) is 0 Å². The van der Waals surface area contributed by atoms with E-state index in [0.717, 1.165) is 12.6 Å². The number of piperidine rings is 1. The highest BCUT2D eigenvalue weighted by molar-refractivity contribution is 4.58. The van der Waals surface area contributed by atoms with Crippen molar-refractivity contribution < 1.29 is 15.5 Å². The van der Waals surface area contributed by atoms with Crippen LogP contribution >= 0.6 is 0 Å². The van der Waals surface area contributed by atoms with Gasteiger partial charge in [0, 0.05) is 12.8 Å². The summed E-state index contributed by atoms with van der Waals surface area (Å²) >= 11 is 0. The molecule has 1 unspecified atom stereocenters. The second kappa shape index (κ2) is 8.04. The van der Waals surface area contributed by atoms with Gasteiger partial charge in [-0.05, 0) is 25.7 Å². The summed E-state index contributed by atoms with van der Waals surface area (Å²) < 4.78 is 0. The van der Waals surface area contributed by atoms with Gasteiger partial charge in [-0.3, -0.25) is 0 Å². The van der Waals surface area contributed by atoms with Crippen LogP contribution in [0.1, 0.15) is 38.5 Å². The lowest BCUT2D eigenvalue weighted by Crippen LogP contribution is -3.18. The highest BCUT2D eigenvalue weighted by Crippen LogP contribution is 1.98. The minimum Gasteiger partial charge on any atom is -0.358 e. The maximum Gasteiger partial charge on any atom is 0.0981 e. The summed E-state index contributed by atoms with van der Waals surface area (Å²) in [4.78, 5) is 3.50. The van der Waals surface area contributed by atoms with Crippen LogP contribution in [0.4, 0.5) is 0 Å². The fourth-order valence-electron chi connectivity index (χ4n) is 2.74. The van der Waals surface area contributed by atoms with Crippen LogP contribution in [0, 0.1) is 0 Å². The first kappa shape index (κ1) is 13.9. The molecule has 1 saturated heterocycles. The van der Waals surface area contributed by atoms with Crippen molar-refractivity contribution >= 4 is 0 Å². The van der Waals surface area contributed by atoms with Gasteiger partial charge in [0.25, 0.3) is 0 Å². The Morgan fingerprint density at radius 3 is 2.38 bits per heavy atom. The molecular weight excluding hydrogens is 198 g/mol. The summed E-state index contributed by atoms with van der Waals surface area (Å²) in [7, 11) is 4.72. The fraction of sp³-hybridized carbons (Fsp3) is 1.00. The molecule has 1 rings (SSSR count). The number of likely N-dealkylation sites (tertiary alicyclic amines) is 1. The molecule has 5 N–H and O–H groups in total. The zero-order valence-electron chi connectivity index (χ0n) is 11.4. The third-order valence-electron chi connectivity index (χ3n) is 4.11. The average molecular weight is 230 g/mol. The third kappa shape index (κ3) is 5.28. The van der Waals surface area contributed by atoms with Crippen LogP contribution in [0.3, 0.4) is 0 Å². The first-order valence-electron chi connectivity index (χ1n) is 7.17. The highest BCUT2D eigenvalue weighted by atomic mass is 15.2. The van der Waals surface area contributed by atoms with Gasteiger partial charge >= 0.3 is 0 Å². The Balaban J connectivity index is 2.03. The Bertz CT molecular complexity index is 165. The number of rotatable bonds is 7. The lowest BCUT2D eigenvalue weighted by molar-refractivity contribution is -0.939. The van der Waals surface area contributed by atoms with Gasteiger partial charge in [0.1, 0.15) is 0 Å². The van der Waals surface area contributed by atoms with Crippen LogP contribution in [0.2, 0.25) is 0 Å². The minimum atomic E-state index is 0.941. The van der Waals surface area contributed by atoms with Gasteiger partial charge in [0.05, 0.1) is 46.3 Å². The normalized spacial score (nSPS) is 27.9. The molecule has 1 aliphatic rings. The van der Waals surface area contributed by atoms with E-state index in [1.165, 1.54) is 58.2 Å². The van der Waals surface area contributed by atoms with Crippen molar-refractivity contribution in [2.75, 3.05) is 40.3 Å². The molecule has 0 bridgehead atoms. The summed E-state index contributed by atoms with van der Waals surface area (Å²) in [5.41, 5.74) is 3.89. The largest absolute Gasteiger partial charge is 0.358 e. The molecule has 0 aromatic rings. The Hall–Kier alpha value is -0.120. The van der Waals surface area contributed by atoms with Gasteiger partial charge in [-0.1, -0.05) is 0 Å². The summed E-state index contributed by atoms with van der Waals surface area (Å²) in [5, 5.41) is 0. The average Bonchev–Trinajstić information content (AvgIpc) is 2.29. The van der Waals surface area contributed by atoms with Crippen molar-refractivity contribution in [1.82, 2.24) is 0 Å². The van der Waals surface area contributed by atoms with Crippen molar-refractivity contribution in [2.45, 2.75) is 44.6 Å². The third-order valence-corrected chi connectivity index (χ3v) is 4.11. The molecule has 1 aliphatic heterocycles. The van der Waals surface area contributed by atoms with Crippen molar-refractivity contribution in [1.29, 1.82) is 0 Å². The standard InChI is InChI=1S/C13H29N3/c1-15-11-7-13(8-12-15)16(2)10-6-4-3-5-9-14/h13H,3-12,14H2,1-2H3/p+3. The van der Waals surface area contributed by atoms with Crippen LogP contribution in [0.15, 0.2) is 0 Å². The van der Waals surface area contributed by atoms with E-state index >= 15 is 0 Å². The quantitative estimate of drug-likeness (QED) is 0.423. The van der Waals surface area contributed by atoms with Crippen LogP contribution in [-0.4, -0.2) is 46.3 Å². The first-order valence-corrected chi connectivity index (χ1v) is 7.17. The minimum absolute atomic E-state index is 0.941. The molecule has 0 radical (unpaired) electrons. The lowest BCUT2D eigenvalue weighted by Gasteiger charge is -2.30. The van der Waals surface area contributed by atoms with Crippen LogP contribution in [-0.2, 0) is 0 Å². The van der Waals surface area contributed by atoms with E-state index in [1.54, 1.807) is 9.80 Å². The molecule has 0 amide bonds.